The van der Waals surface area contributed by atoms with Gasteiger partial charge in [0, 0.05) is 10.4 Å². The number of hydrogen-bond acceptors (Lipinski definition) is 4. The summed E-state index contributed by atoms with van der Waals surface area (Å²) in [5.41, 5.74) is 6.76. The van der Waals surface area contributed by atoms with Gasteiger partial charge in [-0.15, -0.1) is 0 Å². The zero-order valence-corrected chi connectivity index (χ0v) is 7.99. The third-order valence-corrected chi connectivity index (χ3v) is 2.60. The maximum atomic E-state index is 8.78. The average Bonchev–Trinajstić information content (AvgIpc) is 2.47. The van der Waals surface area contributed by atoms with Gasteiger partial charge in [-0.25, -0.2) is 0 Å². The fourth-order valence-corrected chi connectivity index (χ4v) is 1.97. The monoisotopic (exact) mass is 209 g/mol. The van der Waals surface area contributed by atoms with Crippen molar-refractivity contribution >= 4 is 39.0 Å². The van der Waals surface area contributed by atoms with Gasteiger partial charge in [0.25, 0.3) is 0 Å². The molecule has 0 unspecified atom stereocenters. The zero-order chi connectivity index (χ0) is 9.42. The molecule has 1 aromatic carbocycles. The van der Waals surface area contributed by atoms with E-state index in [1.165, 1.54) is 11.5 Å². The highest BCUT2D eigenvalue weighted by molar-refractivity contribution is 7.11. The molecule has 2 rings (SSSR count). The number of fused-ring (bicyclic) bond motifs is 1. The molecule has 0 radical (unpaired) electrons. The van der Waals surface area contributed by atoms with Crippen LogP contribution in [0, 0.1) is 11.3 Å². The molecule has 1 heterocycles. The van der Waals surface area contributed by atoms with Crippen LogP contribution in [0.4, 0.5) is 5.00 Å². The summed E-state index contributed by atoms with van der Waals surface area (Å²) < 4.78 is 4.07. The number of nitrogens with two attached hydrogens (primary N) is 1. The lowest BCUT2D eigenvalue weighted by molar-refractivity contribution is 1.49. The van der Waals surface area contributed by atoms with Gasteiger partial charge in [-0.3, -0.25) is 0 Å². The van der Waals surface area contributed by atoms with Crippen molar-refractivity contribution in [3.05, 3.63) is 22.7 Å². The summed E-state index contributed by atoms with van der Waals surface area (Å²) >= 11 is 6.98. The summed E-state index contributed by atoms with van der Waals surface area (Å²) in [4.78, 5) is 0. The Hall–Kier alpha value is -1.31. The van der Waals surface area contributed by atoms with Gasteiger partial charge in [0.1, 0.15) is 16.6 Å². The second-order valence-corrected chi connectivity index (χ2v) is 3.75. The highest BCUT2D eigenvalue weighted by Crippen LogP contribution is 2.29. The summed E-state index contributed by atoms with van der Waals surface area (Å²) in [6.45, 7) is 0. The first-order valence-corrected chi connectivity index (χ1v) is 4.62. The average molecular weight is 210 g/mol. The molecular weight excluding hydrogens is 206 g/mol. The van der Waals surface area contributed by atoms with Gasteiger partial charge in [-0.1, -0.05) is 11.6 Å². The van der Waals surface area contributed by atoms with Crippen LogP contribution in [0.25, 0.3) is 10.9 Å². The van der Waals surface area contributed by atoms with Gasteiger partial charge in [0.05, 0.1) is 5.56 Å². The molecule has 0 atom stereocenters. The van der Waals surface area contributed by atoms with Gasteiger partial charge >= 0.3 is 0 Å². The van der Waals surface area contributed by atoms with E-state index >= 15 is 0 Å². The number of aromatic nitrogens is 1. The number of hydrogen-bond donors (Lipinski definition) is 1. The van der Waals surface area contributed by atoms with Gasteiger partial charge in [0.2, 0.25) is 0 Å². The Balaban J connectivity index is 2.94. The zero-order valence-electron chi connectivity index (χ0n) is 6.41. The number of nitrogen functional groups attached to an aromatic ring is 1. The van der Waals surface area contributed by atoms with Crippen LogP contribution in [0.2, 0.25) is 5.02 Å². The fourth-order valence-electron chi connectivity index (χ4n) is 1.11. The molecule has 3 nitrogen and oxygen atoms in total. The molecule has 0 saturated carbocycles. The molecule has 0 aliphatic carbocycles. The summed E-state index contributed by atoms with van der Waals surface area (Å²) in [6.07, 6.45) is 0. The third-order valence-electron chi connectivity index (χ3n) is 1.70. The first kappa shape index (κ1) is 8.30. The first-order chi connectivity index (χ1) is 6.22. The molecule has 0 bridgehead atoms. The highest BCUT2D eigenvalue weighted by atomic mass is 35.5. The van der Waals surface area contributed by atoms with Crippen LogP contribution in [0.1, 0.15) is 5.56 Å². The van der Waals surface area contributed by atoms with Gasteiger partial charge in [-0.05, 0) is 23.7 Å². The van der Waals surface area contributed by atoms with E-state index in [1.807, 2.05) is 6.07 Å². The van der Waals surface area contributed by atoms with E-state index in [-0.39, 0.29) is 0 Å². The topological polar surface area (TPSA) is 62.7 Å². The van der Waals surface area contributed by atoms with Crippen LogP contribution in [0.5, 0.6) is 0 Å². The third kappa shape index (κ3) is 1.22. The van der Waals surface area contributed by atoms with Crippen molar-refractivity contribution in [3.63, 3.8) is 0 Å². The lowest BCUT2D eigenvalue weighted by Gasteiger charge is -1.93. The molecular formula is C8H4ClN3S. The van der Waals surface area contributed by atoms with E-state index < -0.39 is 0 Å². The van der Waals surface area contributed by atoms with Crippen molar-refractivity contribution in [1.29, 1.82) is 5.26 Å². The van der Waals surface area contributed by atoms with Crippen molar-refractivity contribution in [2.45, 2.75) is 0 Å². The van der Waals surface area contributed by atoms with Crippen molar-refractivity contribution in [1.82, 2.24) is 4.37 Å². The molecule has 0 spiro atoms. The molecule has 64 valence electrons. The van der Waals surface area contributed by atoms with Crippen LogP contribution in [-0.2, 0) is 0 Å². The second-order valence-electron chi connectivity index (χ2n) is 2.51. The maximum Gasteiger partial charge on any atom is 0.114 e. The van der Waals surface area contributed by atoms with E-state index in [0.717, 1.165) is 5.39 Å². The van der Waals surface area contributed by atoms with Gasteiger partial charge in [-0.2, -0.15) is 9.64 Å². The minimum atomic E-state index is 0.468. The molecule has 2 N–H and O–H groups in total. The van der Waals surface area contributed by atoms with Gasteiger partial charge in [0.15, 0.2) is 0 Å². The highest BCUT2D eigenvalue weighted by Gasteiger charge is 2.08. The minimum Gasteiger partial charge on any atom is -0.389 e. The number of benzene rings is 1. The largest absolute Gasteiger partial charge is 0.389 e. The van der Waals surface area contributed by atoms with E-state index in [2.05, 4.69) is 4.37 Å². The fraction of sp³-hybridized carbons (Fsp3) is 0. The van der Waals surface area contributed by atoms with Crippen molar-refractivity contribution in [2.75, 3.05) is 5.73 Å². The minimum absolute atomic E-state index is 0.468. The lowest BCUT2D eigenvalue weighted by atomic mass is 10.1. The summed E-state index contributed by atoms with van der Waals surface area (Å²) in [7, 11) is 0. The van der Waals surface area contributed by atoms with E-state index in [4.69, 9.17) is 22.6 Å². The smallest absolute Gasteiger partial charge is 0.114 e. The normalized spacial score (nSPS) is 10.2. The Kier molecular flexibility index (Phi) is 1.83. The summed E-state index contributed by atoms with van der Waals surface area (Å²) in [5, 5.41) is 10.6. The molecule has 1 aromatic heterocycles. The predicted octanol–water partition coefficient (Wildman–Crippen LogP) is 2.40. The Labute approximate surface area is 83.5 Å². The quantitative estimate of drug-likeness (QED) is 0.725. The number of nitriles is 1. The number of nitrogens with zero attached hydrogens (tertiary/aromatic N) is 2. The van der Waals surface area contributed by atoms with Crippen molar-refractivity contribution in [3.8, 4) is 6.07 Å². The number of anilines is 1. The molecule has 0 aliphatic rings. The van der Waals surface area contributed by atoms with Gasteiger partial charge < -0.3 is 5.73 Å². The lowest BCUT2D eigenvalue weighted by Crippen LogP contribution is -1.81. The Bertz CT molecular complexity index is 512. The summed E-state index contributed by atoms with van der Waals surface area (Å²) in [5.74, 6) is 0. The summed E-state index contributed by atoms with van der Waals surface area (Å²) in [6, 6.07) is 5.33. The molecule has 0 aliphatic heterocycles. The van der Waals surface area contributed by atoms with Crippen molar-refractivity contribution < 1.29 is 0 Å². The molecule has 0 fully saturated rings. The van der Waals surface area contributed by atoms with Crippen molar-refractivity contribution in [2.24, 2.45) is 0 Å². The molecule has 0 amide bonds. The SMILES string of the molecule is N#Cc1cc(Cl)cc2c(N)snc12. The van der Waals surface area contributed by atoms with Crippen LogP contribution < -0.4 is 5.73 Å². The predicted molar refractivity (Wildman–Crippen MR) is 53.8 cm³/mol. The molecule has 0 saturated heterocycles. The van der Waals surface area contributed by atoms with Crippen LogP contribution >= 0.6 is 23.1 Å². The van der Waals surface area contributed by atoms with Crippen LogP contribution in [0.15, 0.2) is 12.1 Å². The van der Waals surface area contributed by atoms with E-state index in [1.54, 1.807) is 12.1 Å². The second kappa shape index (κ2) is 2.87. The first-order valence-electron chi connectivity index (χ1n) is 3.47. The number of rotatable bonds is 0. The Morgan fingerprint density at radius 3 is 3.00 bits per heavy atom. The molecule has 5 heteroatoms. The van der Waals surface area contributed by atoms with E-state index in [9.17, 15) is 0 Å². The number of halogens is 1. The maximum absolute atomic E-state index is 8.78. The van der Waals surface area contributed by atoms with E-state index in [0.29, 0.717) is 21.1 Å². The van der Waals surface area contributed by atoms with Crippen LogP contribution in [0.3, 0.4) is 0 Å². The Morgan fingerprint density at radius 1 is 1.54 bits per heavy atom. The Morgan fingerprint density at radius 2 is 2.31 bits per heavy atom. The van der Waals surface area contributed by atoms with Crippen LogP contribution in [-0.4, -0.2) is 4.37 Å². The standard InChI is InChI=1S/C8H4ClN3S/c9-5-1-4(3-10)7-6(2-5)8(11)13-12-7/h1-2H,11H2. The molecule has 13 heavy (non-hydrogen) atoms. The molecule has 2 aromatic rings.